The van der Waals surface area contributed by atoms with Crippen LogP contribution in [0.1, 0.15) is 29.5 Å². The van der Waals surface area contributed by atoms with Gasteiger partial charge in [-0.2, -0.15) is 5.26 Å². The summed E-state index contributed by atoms with van der Waals surface area (Å²) in [4.78, 5) is 0. The Kier molecular flexibility index (Phi) is 4.72. The zero-order valence-corrected chi connectivity index (χ0v) is 12.6. The lowest BCUT2D eigenvalue weighted by Crippen LogP contribution is -2.16. The van der Waals surface area contributed by atoms with Gasteiger partial charge in [-0.05, 0) is 60.7 Å². The molecule has 1 fully saturated rings. The highest BCUT2D eigenvalue weighted by atomic mass is 16.5. The molecule has 0 amide bonds. The van der Waals surface area contributed by atoms with E-state index in [4.69, 9.17) is 10.00 Å². The van der Waals surface area contributed by atoms with Crippen molar-refractivity contribution in [3.63, 3.8) is 0 Å². The molecule has 22 heavy (non-hydrogen) atoms. The maximum atomic E-state index is 8.91. The molecule has 0 aliphatic heterocycles. The van der Waals surface area contributed by atoms with Crippen molar-refractivity contribution in [1.82, 2.24) is 5.32 Å². The summed E-state index contributed by atoms with van der Waals surface area (Å²) in [5.74, 6) is 1.76. The molecule has 0 bridgehead atoms. The number of nitriles is 1. The Labute approximate surface area is 131 Å². The van der Waals surface area contributed by atoms with Gasteiger partial charge in [-0.15, -0.1) is 0 Å². The van der Waals surface area contributed by atoms with E-state index in [9.17, 15) is 0 Å². The lowest BCUT2D eigenvalue weighted by Gasteiger charge is -2.09. The Bertz CT molecular complexity index is 671. The summed E-state index contributed by atoms with van der Waals surface area (Å²) in [5.41, 5.74) is 2.92. The molecule has 0 saturated heterocycles. The molecule has 1 aliphatic carbocycles. The van der Waals surface area contributed by atoms with Gasteiger partial charge in [0, 0.05) is 6.54 Å². The molecule has 3 heteroatoms. The second-order valence-electron chi connectivity index (χ2n) is 5.82. The predicted molar refractivity (Wildman–Crippen MR) is 86.4 cm³/mol. The lowest BCUT2D eigenvalue weighted by atomic mass is 10.1. The maximum Gasteiger partial charge on any atom is 0.120 e. The molecule has 0 atom stereocenters. The standard InChI is InChI=1S/C19H20N2O/c20-11-16-3-1-5-18(9-16)14-22-19-6-2-4-17(10-19)13-21-12-15-7-8-15/h1-6,9-10,15,21H,7-8,12-14H2. The van der Waals surface area contributed by atoms with Gasteiger partial charge in [-0.3, -0.25) is 0 Å². The Morgan fingerprint density at radius 2 is 1.91 bits per heavy atom. The number of rotatable bonds is 7. The second kappa shape index (κ2) is 7.11. The van der Waals surface area contributed by atoms with Crippen LogP contribution in [-0.2, 0) is 13.2 Å². The molecule has 112 valence electrons. The fraction of sp³-hybridized carbons (Fsp3) is 0.316. The summed E-state index contributed by atoms with van der Waals surface area (Å²) >= 11 is 0. The van der Waals surface area contributed by atoms with Crippen LogP contribution in [0.25, 0.3) is 0 Å². The van der Waals surface area contributed by atoms with E-state index in [1.54, 1.807) is 6.07 Å². The van der Waals surface area contributed by atoms with Crippen LogP contribution in [0.5, 0.6) is 5.75 Å². The average molecular weight is 292 g/mol. The molecule has 0 heterocycles. The number of hydrogen-bond donors (Lipinski definition) is 1. The molecule has 1 saturated carbocycles. The van der Waals surface area contributed by atoms with Crippen LogP contribution in [0.15, 0.2) is 48.5 Å². The van der Waals surface area contributed by atoms with Gasteiger partial charge in [-0.1, -0.05) is 24.3 Å². The van der Waals surface area contributed by atoms with Crippen molar-refractivity contribution in [3.8, 4) is 11.8 Å². The second-order valence-corrected chi connectivity index (χ2v) is 5.82. The SMILES string of the molecule is N#Cc1cccc(COc2cccc(CNCC3CC3)c2)c1. The van der Waals surface area contributed by atoms with Crippen LogP contribution in [0.4, 0.5) is 0 Å². The minimum Gasteiger partial charge on any atom is -0.489 e. The number of nitrogens with zero attached hydrogens (tertiary/aromatic N) is 1. The van der Waals surface area contributed by atoms with E-state index < -0.39 is 0 Å². The van der Waals surface area contributed by atoms with Crippen LogP contribution in [0, 0.1) is 17.2 Å². The molecule has 3 rings (SSSR count). The lowest BCUT2D eigenvalue weighted by molar-refractivity contribution is 0.306. The molecule has 0 spiro atoms. The number of nitrogens with one attached hydrogen (secondary N) is 1. The molecular weight excluding hydrogens is 272 g/mol. The number of ether oxygens (including phenoxy) is 1. The minimum absolute atomic E-state index is 0.481. The van der Waals surface area contributed by atoms with Gasteiger partial charge in [0.2, 0.25) is 0 Å². The van der Waals surface area contributed by atoms with Crippen molar-refractivity contribution in [2.24, 2.45) is 5.92 Å². The van der Waals surface area contributed by atoms with Crippen LogP contribution < -0.4 is 10.1 Å². The molecule has 1 aliphatic rings. The van der Waals surface area contributed by atoms with Crippen LogP contribution >= 0.6 is 0 Å². The van der Waals surface area contributed by atoms with E-state index in [-0.39, 0.29) is 0 Å². The first-order chi connectivity index (χ1) is 10.8. The molecule has 0 aromatic heterocycles. The number of hydrogen-bond acceptors (Lipinski definition) is 3. The Balaban J connectivity index is 1.53. The van der Waals surface area contributed by atoms with Crippen molar-refractivity contribution >= 4 is 0 Å². The van der Waals surface area contributed by atoms with Gasteiger partial charge in [-0.25, -0.2) is 0 Å². The summed E-state index contributed by atoms with van der Waals surface area (Å²) in [5, 5.41) is 12.4. The fourth-order valence-corrected chi connectivity index (χ4v) is 2.39. The quantitative estimate of drug-likeness (QED) is 0.847. The Morgan fingerprint density at radius 1 is 1.09 bits per heavy atom. The average Bonchev–Trinajstić information content (AvgIpc) is 3.38. The first-order valence-corrected chi connectivity index (χ1v) is 7.75. The first kappa shape index (κ1) is 14.6. The minimum atomic E-state index is 0.481. The largest absolute Gasteiger partial charge is 0.489 e. The summed E-state index contributed by atoms with van der Waals surface area (Å²) in [6.45, 7) is 2.48. The third-order valence-corrected chi connectivity index (χ3v) is 3.82. The highest BCUT2D eigenvalue weighted by Gasteiger charge is 2.20. The van der Waals surface area contributed by atoms with Crippen molar-refractivity contribution in [2.75, 3.05) is 6.54 Å². The Hall–Kier alpha value is -2.31. The maximum absolute atomic E-state index is 8.91. The molecule has 2 aromatic carbocycles. The molecule has 3 nitrogen and oxygen atoms in total. The third kappa shape index (κ3) is 4.34. The summed E-state index contributed by atoms with van der Waals surface area (Å²) in [7, 11) is 0. The van der Waals surface area contributed by atoms with Gasteiger partial charge >= 0.3 is 0 Å². The van der Waals surface area contributed by atoms with Gasteiger partial charge < -0.3 is 10.1 Å². The monoisotopic (exact) mass is 292 g/mol. The van der Waals surface area contributed by atoms with E-state index in [1.165, 1.54) is 18.4 Å². The zero-order valence-electron chi connectivity index (χ0n) is 12.6. The van der Waals surface area contributed by atoms with Gasteiger partial charge in [0.1, 0.15) is 12.4 Å². The molecule has 1 N–H and O–H groups in total. The Morgan fingerprint density at radius 3 is 2.73 bits per heavy atom. The van der Waals surface area contributed by atoms with Crippen molar-refractivity contribution < 1.29 is 4.74 Å². The van der Waals surface area contributed by atoms with E-state index in [0.717, 1.165) is 30.3 Å². The predicted octanol–water partition coefficient (Wildman–Crippen LogP) is 3.64. The summed E-state index contributed by atoms with van der Waals surface area (Å²) in [6.07, 6.45) is 2.75. The van der Waals surface area contributed by atoms with E-state index in [2.05, 4.69) is 23.5 Å². The smallest absolute Gasteiger partial charge is 0.120 e. The molecule has 0 radical (unpaired) electrons. The van der Waals surface area contributed by atoms with Crippen LogP contribution in [0.3, 0.4) is 0 Å². The van der Waals surface area contributed by atoms with Gasteiger partial charge in [0.05, 0.1) is 11.6 Å². The highest BCUT2D eigenvalue weighted by Crippen LogP contribution is 2.27. The normalized spacial score (nSPS) is 13.6. The van der Waals surface area contributed by atoms with Crippen molar-refractivity contribution in [2.45, 2.75) is 26.0 Å². The molecular formula is C19H20N2O. The summed E-state index contributed by atoms with van der Waals surface area (Å²) < 4.78 is 5.83. The van der Waals surface area contributed by atoms with Gasteiger partial charge in [0.25, 0.3) is 0 Å². The van der Waals surface area contributed by atoms with Crippen LogP contribution in [-0.4, -0.2) is 6.54 Å². The first-order valence-electron chi connectivity index (χ1n) is 7.75. The zero-order chi connectivity index (χ0) is 15.2. The van der Waals surface area contributed by atoms with Crippen molar-refractivity contribution in [1.29, 1.82) is 5.26 Å². The topological polar surface area (TPSA) is 45.0 Å². The molecule has 2 aromatic rings. The number of benzene rings is 2. The fourth-order valence-electron chi connectivity index (χ4n) is 2.39. The third-order valence-electron chi connectivity index (χ3n) is 3.82. The van der Waals surface area contributed by atoms with E-state index in [0.29, 0.717) is 12.2 Å². The van der Waals surface area contributed by atoms with Gasteiger partial charge in [0.15, 0.2) is 0 Å². The van der Waals surface area contributed by atoms with E-state index >= 15 is 0 Å². The van der Waals surface area contributed by atoms with Crippen LogP contribution in [0.2, 0.25) is 0 Å². The summed E-state index contributed by atoms with van der Waals surface area (Å²) in [6, 6.07) is 17.9. The van der Waals surface area contributed by atoms with E-state index in [1.807, 2.05) is 30.3 Å². The van der Waals surface area contributed by atoms with Crippen molar-refractivity contribution in [3.05, 3.63) is 65.2 Å². The highest BCUT2D eigenvalue weighted by molar-refractivity contribution is 5.33. The molecule has 0 unspecified atom stereocenters.